The molecule has 1 aliphatic heterocycles. The number of rotatable bonds is 2. The molecule has 0 aliphatic carbocycles. The third kappa shape index (κ3) is 2.80. The Balaban J connectivity index is 1.99. The van der Waals surface area contributed by atoms with E-state index in [0.717, 1.165) is 17.7 Å². The molecular formula is C19H18N2O3. The van der Waals surface area contributed by atoms with Crippen LogP contribution in [0.1, 0.15) is 36.2 Å². The van der Waals surface area contributed by atoms with Crippen molar-refractivity contribution in [3.63, 3.8) is 0 Å². The van der Waals surface area contributed by atoms with E-state index in [4.69, 9.17) is 0 Å². The van der Waals surface area contributed by atoms with Crippen molar-refractivity contribution in [1.29, 1.82) is 0 Å². The Kier molecular flexibility index (Phi) is 4.16. The summed E-state index contributed by atoms with van der Waals surface area (Å²) in [6, 6.07) is 13.6. The van der Waals surface area contributed by atoms with Gasteiger partial charge in [0.05, 0.1) is 10.6 Å². The molecule has 0 saturated carbocycles. The number of hydrogen-bond acceptors (Lipinski definition) is 3. The molecule has 1 aliphatic rings. The van der Waals surface area contributed by atoms with E-state index in [0.29, 0.717) is 12.1 Å². The van der Waals surface area contributed by atoms with Gasteiger partial charge in [-0.15, -0.1) is 0 Å². The van der Waals surface area contributed by atoms with E-state index in [1.165, 1.54) is 35.4 Å². The number of anilines is 1. The summed E-state index contributed by atoms with van der Waals surface area (Å²) in [6.45, 7) is 4.76. The predicted octanol–water partition coefficient (Wildman–Crippen LogP) is 4.44. The quantitative estimate of drug-likeness (QED) is 0.606. The van der Waals surface area contributed by atoms with Crippen molar-refractivity contribution in [3.05, 3.63) is 75.3 Å². The van der Waals surface area contributed by atoms with Gasteiger partial charge in [-0.3, -0.25) is 14.9 Å². The summed E-state index contributed by atoms with van der Waals surface area (Å²) >= 11 is 0. The fraction of sp³-hybridized carbons (Fsp3) is 0.211. The number of benzene rings is 2. The number of hydrogen-bond donors (Lipinski definition) is 0. The minimum Gasteiger partial charge on any atom is -0.307 e. The zero-order valence-corrected chi connectivity index (χ0v) is 13.7. The Morgan fingerprint density at radius 2 is 1.75 bits per heavy atom. The number of nitrogens with zero attached hydrogens (tertiary/aromatic N) is 2. The van der Waals surface area contributed by atoms with Crippen LogP contribution in [-0.4, -0.2) is 17.4 Å². The van der Waals surface area contributed by atoms with Crippen LogP contribution in [-0.2, 0) is 0 Å². The Labute approximate surface area is 140 Å². The highest BCUT2D eigenvalue weighted by Crippen LogP contribution is 2.34. The predicted molar refractivity (Wildman–Crippen MR) is 94.1 cm³/mol. The van der Waals surface area contributed by atoms with Gasteiger partial charge in [0.15, 0.2) is 0 Å². The van der Waals surface area contributed by atoms with Crippen molar-refractivity contribution >= 4 is 22.9 Å². The fourth-order valence-corrected chi connectivity index (χ4v) is 2.94. The zero-order chi connectivity index (χ0) is 17.3. The van der Waals surface area contributed by atoms with Crippen LogP contribution in [0, 0.1) is 10.1 Å². The summed E-state index contributed by atoms with van der Waals surface area (Å²) in [6.07, 6.45) is 0.805. The Hall–Kier alpha value is -2.95. The average Bonchev–Trinajstić information content (AvgIpc) is 2.72. The molecule has 5 heteroatoms. The molecule has 0 saturated heterocycles. The van der Waals surface area contributed by atoms with Crippen molar-refractivity contribution < 1.29 is 9.72 Å². The first kappa shape index (κ1) is 15.9. The molecule has 0 aromatic heterocycles. The molecule has 2 aromatic rings. The van der Waals surface area contributed by atoms with Gasteiger partial charge in [0, 0.05) is 29.8 Å². The lowest BCUT2D eigenvalue weighted by Gasteiger charge is -2.23. The highest BCUT2D eigenvalue weighted by Gasteiger charge is 2.24. The third-order valence-electron chi connectivity index (χ3n) is 4.52. The van der Waals surface area contributed by atoms with Crippen LogP contribution < -0.4 is 4.90 Å². The largest absolute Gasteiger partial charge is 0.307 e. The normalized spacial score (nSPS) is 14.2. The first-order chi connectivity index (χ1) is 11.5. The van der Waals surface area contributed by atoms with Gasteiger partial charge in [0.25, 0.3) is 11.6 Å². The van der Waals surface area contributed by atoms with Gasteiger partial charge in [0.1, 0.15) is 0 Å². The van der Waals surface area contributed by atoms with Crippen LogP contribution in [0.5, 0.6) is 0 Å². The van der Waals surface area contributed by atoms with E-state index in [2.05, 4.69) is 13.8 Å². The summed E-state index contributed by atoms with van der Waals surface area (Å²) in [7, 11) is 0. The number of carbonyl (C=O) groups is 1. The van der Waals surface area contributed by atoms with E-state index in [1.807, 2.05) is 24.3 Å². The van der Waals surface area contributed by atoms with Gasteiger partial charge in [-0.05, 0) is 44.0 Å². The number of non-ortho nitro benzene ring substituents is 1. The second kappa shape index (κ2) is 6.28. The van der Waals surface area contributed by atoms with Gasteiger partial charge in [-0.25, -0.2) is 0 Å². The number of allylic oxidation sites excluding steroid dienone is 1. The summed E-state index contributed by atoms with van der Waals surface area (Å²) < 4.78 is 0. The van der Waals surface area contributed by atoms with Gasteiger partial charge < -0.3 is 4.90 Å². The van der Waals surface area contributed by atoms with Crippen LogP contribution in [0.4, 0.5) is 11.4 Å². The van der Waals surface area contributed by atoms with Crippen LogP contribution in [0.25, 0.3) is 5.57 Å². The molecule has 2 aromatic carbocycles. The maximum atomic E-state index is 12.9. The van der Waals surface area contributed by atoms with Gasteiger partial charge in [0.2, 0.25) is 0 Å². The molecule has 3 rings (SSSR count). The van der Waals surface area contributed by atoms with Crippen molar-refractivity contribution in [3.8, 4) is 0 Å². The standard InChI is InChI=1S/C19H18N2O3/c1-13-11-12-20(18-6-4-3-5-17(18)14(13)2)19(22)15-7-9-16(10-8-15)21(23)24/h3-10H,11-12H2,1-2H3. The Bertz CT molecular complexity index is 838. The van der Waals surface area contributed by atoms with Crippen LogP contribution in [0.15, 0.2) is 54.1 Å². The molecular weight excluding hydrogens is 304 g/mol. The minimum absolute atomic E-state index is 0.0174. The maximum Gasteiger partial charge on any atom is 0.269 e. The van der Waals surface area contributed by atoms with E-state index in [9.17, 15) is 14.9 Å². The number of carbonyl (C=O) groups excluding carboxylic acids is 1. The SMILES string of the molecule is CC1=C(C)c2ccccc2N(C(=O)c2ccc([N+](=O)[O-])cc2)CC1. The summed E-state index contributed by atoms with van der Waals surface area (Å²) in [5.41, 5.74) is 4.84. The average molecular weight is 322 g/mol. The third-order valence-corrected chi connectivity index (χ3v) is 4.52. The van der Waals surface area contributed by atoms with Crippen molar-refractivity contribution in [2.24, 2.45) is 0 Å². The number of para-hydroxylation sites is 1. The molecule has 1 amide bonds. The molecule has 1 heterocycles. The first-order valence-corrected chi connectivity index (χ1v) is 7.81. The number of nitro groups is 1. The lowest BCUT2D eigenvalue weighted by molar-refractivity contribution is -0.384. The van der Waals surface area contributed by atoms with Crippen LogP contribution in [0.3, 0.4) is 0 Å². The maximum absolute atomic E-state index is 12.9. The van der Waals surface area contributed by atoms with Crippen molar-refractivity contribution in [1.82, 2.24) is 0 Å². The van der Waals surface area contributed by atoms with Crippen LogP contribution in [0.2, 0.25) is 0 Å². The lowest BCUT2D eigenvalue weighted by Crippen LogP contribution is -2.32. The highest BCUT2D eigenvalue weighted by atomic mass is 16.6. The molecule has 24 heavy (non-hydrogen) atoms. The summed E-state index contributed by atoms with van der Waals surface area (Å²) in [5, 5.41) is 10.8. The van der Waals surface area contributed by atoms with Gasteiger partial charge in [-0.1, -0.05) is 23.8 Å². The number of amides is 1. The second-order valence-corrected chi connectivity index (χ2v) is 5.93. The first-order valence-electron chi connectivity index (χ1n) is 7.81. The van der Waals surface area contributed by atoms with E-state index in [-0.39, 0.29) is 11.6 Å². The second-order valence-electron chi connectivity index (χ2n) is 5.93. The molecule has 0 atom stereocenters. The monoisotopic (exact) mass is 322 g/mol. The van der Waals surface area contributed by atoms with Gasteiger partial charge >= 0.3 is 0 Å². The van der Waals surface area contributed by atoms with E-state index in [1.54, 1.807) is 4.90 Å². The molecule has 122 valence electrons. The Morgan fingerprint density at radius 3 is 2.42 bits per heavy atom. The smallest absolute Gasteiger partial charge is 0.269 e. The van der Waals surface area contributed by atoms with Crippen molar-refractivity contribution in [2.75, 3.05) is 11.4 Å². The fourth-order valence-electron chi connectivity index (χ4n) is 2.94. The topological polar surface area (TPSA) is 63.5 Å². The highest BCUT2D eigenvalue weighted by molar-refractivity contribution is 6.08. The molecule has 0 fully saturated rings. The van der Waals surface area contributed by atoms with E-state index < -0.39 is 4.92 Å². The van der Waals surface area contributed by atoms with Crippen molar-refractivity contribution in [2.45, 2.75) is 20.3 Å². The molecule has 0 bridgehead atoms. The lowest BCUT2D eigenvalue weighted by atomic mass is 10.0. The molecule has 0 spiro atoms. The minimum atomic E-state index is -0.466. The molecule has 0 N–H and O–H groups in total. The van der Waals surface area contributed by atoms with Crippen LogP contribution >= 0.6 is 0 Å². The van der Waals surface area contributed by atoms with Gasteiger partial charge in [-0.2, -0.15) is 0 Å². The molecule has 0 radical (unpaired) electrons. The number of fused-ring (bicyclic) bond motifs is 1. The number of nitro benzene ring substituents is 1. The molecule has 0 unspecified atom stereocenters. The summed E-state index contributed by atoms with van der Waals surface area (Å²) in [4.78, 5) is 25.0. The Morgan fingerprint density at radius 1 is 1.08 bits per heavy atom. The summed E-state index contributed by atoms with van der Waals surface area (Å²) in [5.74, 6) is -0.139. The molecule has 5 nitrogen and oxygen atoms in total. The zero-order valence-electron chi connectivity index (χ0n) is 13.7. The van der Waals surface area contributed by atoms with E-state index >= 15 is 0 Å².